The Morgan fingerprint density at radius 2 is 1.88 bits per heavy atom. The second-order valence-corrected chi connectivity index (χ2v) is 7.96. The molecule has 0 spiro atoms. The number of sulfonamides is 1. The molecule has 2 aromatic rings. The van der Waals surface area contributed by atoms with Crippen LogP contribution < -0.4 is 9.62 Å². The van der Waals surface area contributed by atoms with Crippen LogP contribution in [0.3, 0.4) is 0 Å². The number of morpholine rings is 1. The Hall–Kier alpha value is -1.96. The summed E-state index contributed by atoms with van der Waals surface area (Å²) in [6, 6.07) is 8.97. The molecule has 1 aliphatic heterocycles. The molecule has 1 N–H and O–H groups in total. The first-order chi connectivity index (χ1) is 12.0. The third-order valence-corrected chi connectivity index (χ3v) is 5.80. The average molecular weight is 361 g/mol. The highest BCUT2D eigenvalue weighted by atomic mass is 32.2. The van der Waals surface area contributed by atoms with Crippen molar-refractivity contribution in [2.75, 3.05) is 31.2 Å². The molecule has 2 heterocycles. The second kappa shape index (κ2) is 7.51. The first kappa shape index (κ1) is 17.8. The Labute approximate surface area is 148 Å². The van der Waals surface area contributed by atoms with Crippen molar-refractivity contribution in [2.45, 2.75) is 25.3 Å². The van der Waals surface area contributed by atoms with Crippen LogP contribution >= 0.6 is 0 Å². The number of aromatic nitrogens is 1. The molecule has 1 aliphatic rings. The third-order valence-electron chi connectivity index (χ3n) is 4.40. The highest BCUT2D eigenvalue weighted by Crippen LogP contribution is 2.16. The van der Waals surface area contributed by atoms with E-state index >= 15 is 0 Å². The smallest absolute Gasteiger partial charge is 0.240 e. The summed E-state index contributed by atoms with van der Waals surface area (Å²) in [7, 11) is -3.53. The lowest BCUT2D eigenvalue weighted by molar-refractivity contribution is 0.122. The molecule has 0 unspecified atom stereocenters. The largest absolute Gasteiger partial charge is 0.378 e. The summed E-state index contributed by atoms with van der Waals surface area (Å²) in [5, 5.41) is 0. The first-order valence-electron chi connectivity index (χ1n) is 8.30. The van der Waals surface area contributed by atoms with Gasteiger partial charge in [-0.2, -0.15) is 0 Å². The minimum absolute atomic E-state index is 0.214. The zero-order valence-corrected chi connectivity index (χ0v) is 15.3. The van der Waals surface area contributed by atoms with Crippen molar-refractivity contribution in [3.05, 3.63) is 53.2 Å². The van der Waals surface area contributed by atoms with Crippen LogP contribution in [0.25, 0.3) is 0 Å². The zero-order chi connectivity index (χ0) is 17.9. The molecule has 1 fully saturated rings. The maximum atomic E-state index is 12.4. The average Bonchev–Trinajstić information content (AvgIpc) is 2.63. The molecule has 1 saturated heterocycles. The summed E-state index contributed by atoms with van der Waals surface area (Å²) < 4.78 is 32.8. The van der Waals surface area contributed by atoms with Gasteiger partial charge in [0.15, 0.2) is 0 Å². The van der Waals surface area contributed by atoms with Gasteiger partial charge >= 0.3 is 0 Å². The van der Waals surface area contributed by atoms with Gasteiger partial charge in [0.1, 0.15) is 5.82 Å². The molecule has 25 heavy (non-hydrogen) atoms. The minimum atomic E-state index is -3.53. The molecule has 1 aromatic heterocycles. The van der Waals surface area contributed by atoms with Gasteiger partial charge in [-0.05, 0) is 48.7 Å². The van der Waals surface area contributed by atoms with Crippen LogP contribution in [0.1, 0.15) is 16.7 Å². The summed E-state index contributed by atoms with van der Waals surface area (Å²) >= 11 is 0. The normalized spacial score (nSPS) is 15.4. The quantitative estimate of drug-likeness (QED) is 0.882. The molecule has 0 atom stereocenters. The molecule has 0 bridgehead atoms. The standard InChI is InChI=1S/C18H23N3O3S/c1-14-3-5-17(11-15(14)2)25(22,23)20-13-16-4-6-18(19-12-16)21-7-9-24-10-8-21/h3-6,11-12,20H,7-10,13H2,1-2H3. The Morgan fingerprint density at radius 1 is 1.12 bits per heavy atom. The molecule has 0 radical (unpaired) electrons. The van der Waals surface area contributed by atoms with E-state index < -0.39 is 10.0 Å². The van der Waals surface area contributed by atoms with Gasteiger partial charge in [-0.3, -0.25) is 0 Å². The van der Waals surface area contributed by atoms with E-state index in [9.17, 15) is 8.42 Å². The summed E-state index contributed by atoms with van der Waals surface area (Å²) in [4.78, 5) is 6.88. The number of hydrogen-bond acceptors (Lipinski definition) is 5. The fourth-order valence-corrected chi connectivity index (χ4v) is 3.75. The second-order valence-electron chi connectivity index (χ2n) is 6.19. The third kappa shape index (κ3) is 4.36. The number of nitrogens with one attached hydrogen (secondary N) is 1. The lowest BCUT2D eigenvalue weighted by Gasteiger charge is -2.27. The van der Waals surface area contributed by atoms with Crippen LogP contribution in [0.5, 0.6) is 0 Å². The summed E-state index contributed by atoms with van der Waals surface area (Å²) in [5.74, 6) is 0.893. The van der Waals surface area contributed by atoms with Crippen LogP contribution in [-0.4, -0.2) is 39.7 Å². The number of hydrogen-bond donors (Lipinski definition) is 1. The van der Waals surface area contributed by atoms with Crippen molar-refractivity contribution < 1.29 is 13.2 Å². The molecule has 1 aromatic carbocycles. The Morgan fingerprint density at radius 3 is 2.52 bits per heavy atom. The van der Waals surface area contributed by atoms with Gasteiger partial charge < -0.3 is 9.64 Å². The lowest BCUT2D eigenvalue weighted by atomic mass is 10.1. The highest BCUT2D eigenvalue weighted by molar-refractivity contribution is 7.89. The van der Waals surface area contributed by atoms with E-state index in [1.54, 1.807) is 18.3 Å². The number of ether oxygens (including phenoxy) is 1. The van der Waals surface area contributed by atoms with E-state index in [4.69, 9.17) is 4.74 Å². The van der Waals surface area contributed by atoms with Crippen molar-refractivity contribution in [2.24, 2.45) is 0 Å². The minimum Gasteiger partial charge on any atom is -0.378 e. The number of rotatable bonds is 5. The summed E-state index contributed by atoms with van der Waals surface area (Å²) in [5.41, 5.74) is 2.85. The molecule has 0 amide bonds. The SMILES string of the molecule is Cc1ccc(S(=O)(=O)NCc2ccc(N3CCOCC3)nc2)cc1C. The van der Waals surface area contributed by atoms with E-state index in [-0.39, 0.29) is 11.4 Å². The molecule has 0 saturated carbocycles. The molecule has 6 nitrogen and oxygen atoms in total. The molecular weight excluding hydrogens is 338 g/mol. The van der Waals surface area contributed by atoms with Crippen molar-refractivity contribution in [3.8, 4) is 0 Å². The van der Waals surface area contributed by atoms with Gasteiger partial charge in [0, 0.05) is 25.8 Å². The van der Waals surface area contributed by atoms with Gasteiger partial charge in [-0.25, -0.2) is 18.1 Å². The molecule has 134 valence electrons. The van der Waals surface area contributed by atoms with E-state index in [2.05, 4.69) is 14.6 Å². The number of pyridine rings is 1. The van der Waals surface area contributed by atoms with E-state index in [1.807, 2.05) is 32.0 Å². The fraction of sp³-hybridized carbons (Fsp3) is 0.389. The monoisotopic (exact) mass is 361 g/mol. The van der Waals surface area contributed by atoms with Crippen molar-refractivity contribution in [1.82, 2.24) is 9.71 Å². The van der Waals surface area contributed by atoms with E-state index in [1.165, 1.54) is 0 Å². The Kier molecular flexibility index (Phi) is 5.36. The predicted octanol–water partition coefficient (Wildman–Crippen LogP) is 2.01. The highest BCUT2D eigenvalue weighted by Gasteiger charge is 2.15. The number of nitrogens with zero attached hydrogens (tertiary/aromatic N) is 2. The summed E-state index contributed by atoms with van der Waals surface area (Å²) in [6.07, 6.45) is 1.72. The Bertz CT molecular complexity index is 829. The lowest BCUT2D eigenvalue weighted by Crippen LogP contribution is -2.36. The van der Waals surface area contributed by atoms with Crippen molar-refractivity contribution >= 4 is 15.8 Å². The van der Waals surface area contributed by atoms with Crippen molar-refractivity contribution in [1.29, 1.82) is 0 Å². The first-order valence-corrected chi connectivity index (χ1v) is 9.78. The van der Waals surface area contributed by atoms with Gasteiger partial charge in [0.25, 0.3) is 0 Å². The molecular formula is C18H23N3O3S. The van der Waals surface area contributed by atoms with Crippen LogP contribution in [0.4, 0.5) is 5.82 Å². The van der Waals surface area contributed by atoms with Crippen LogP contribution in [-0.2, 0) is 21.3 Å². The van der Waals surface area contributed by atoms with Crippen LogP contribution in [0.2, 0.25) is 0 Å². The van der Waals surface area contributed by atoms with Gasteiger partial charge in [0.05, 0.1) is 18.1 Å². The molecule has 7 heteroatoms. The number of aryl methyl sites for hydroxylation is 2. The maximum absolute atomic E-state index is 12.4. The van der Waals surface area contributed by atoms with Gasteiger partial charge in [-0.1, -0.05) is 12.1 Å². The summed E-state index contributed by atoms with van der Waals surface area (Å²) in [6.45, 7) is 7.14. The van der Waals surface area contributed by atoms with Crippen LogP contribution in [0.15, 0.2) is 41.4 Å². The molecule has 0 aliphatic carbocycles. The number of benzene rings is 1. The topological polar surface area (TPSA) is 71.5 Å². The van der Waals surface area contributed by atoms with Crippen LogP contribution in [0, 0.1) is 13.8 Å². The van der Waals surface area contributed by atoms with E-state index in [0.29, 0.717) is 13.2 Å². The number of anilines is 1. The van der Waals surface area contributed by atoms with Gasteiger partial charge in [-0.15, -0.1) is 0 Å². The predicted molar refractivity (Wildman–Crippen MR) is 97.2 cm³/mol. The molecule has 3 rings (SSSR count). The van der Waals surface area contributed by atoms with E-state index in [0.717, 1.165) is 35.6 Å². The Balaban J connectivity index is 1.65. The fourth-order valence-electron chi connectivity index (χ4n) is 2.64. The van der Waals surface area contributed by atoms with Crippen molar-refractivity contribution in [3.63, 3.8) is 0 Å². The van der Waals surface area contributed by atoms with Gasteiger partial charge in [0.2, 0.25) is 10.0 Å². The zero-order valence-electron chi connectivity index (χ0n) is 14.5. The maximum Gasteiger partial charge on any atom is 0.240 e.